The molecule has 4 fully saturated rings. The first-order valence-corrected chi connectivity index (χ1v) is 11.4. The van der Waals surface area contributed by atoms with Gasteiger partial charge >= 0.3 is 6.18 Å². The number of halogens is 3. The second kappa shape index (κ2) is 9.04. The summed E-state index contributed by atoms with van der Waals surface area (Å²) in [6.07, 6.45) is 2.57. The summed E-state index contributed by atoms with van der Waals surface area (Å²) in [5.74, 6) is 1.94. The van der Waals surface area contributed by atoms with E-state index in [4.69, 9.17) is 0 Å². The molecule has 4 aliphatic rings. The van der Waals surface area contributed by atoms with E-state index in [2.05, 4.69) is 15.4 Å². The van der Waals surface area contributed by atoms with Crippen molar-refractivity contribution < 1.29 is 27.5 Å². The molecular weight excluding hydrogens is 421 g/mol. The molecule has 32 heavy (non-hydrogen) atoms. The number of benzene rings is 1. The van der Waals surface area contributed by atoms with Crippen LogP contribution in [0, 0.1) is 23.2 Å². The predicted molar refractivity (Wildman–Crippen MR) is 113 cm³/mol. The van der Waals surface area contributed by atoms with Gasteiger partial charge in [-0.1, -0.05) is 12.1 Å². The van der Waals surface area contributed by atoms with E-state index in [-0.39, 0.29) is 23.8 Å². The number of rotatable bonds is 8. The van der Waals surface area contributed by atoms with Crippen LogP contribution in [0.15, 0.2) is 24.3 Å². The standard InChI is InChI=1S/C24H31F3N2O3/c1-15(13-32-14-24(25,26)27)29-21(30)20-4-2-16(3-5-20)12-28-22(31)23-9-17-6-18(10-23)8-19(7-17)11-23/h2-5,15,17-19H,6-14H2,1H3,(H,28,31)(H,29,30). The van der Waals surface area contributed by atoms with Crippen molar-refractivity contribution in [1.82, 2.24) is 10.6 Å². The minimum atomic E-state index is -4.38. The smallest absolute Gasteiger partial charge is 0.370 e. The molecule has 1 atom stereocenters. The molecule has 1 unspecified atom stereocenters. The largest absolute Gasteiger partial charge is 0.411 e. The molecule has 0 heterocycles. The molecule has 0 aliphatic heterocycles. The highest BCUT2D eigenvalue weighted by Crippen LogP contribution is 2.60. The zero-order valence-corrected chi connectivity index (χ0v) is 18.3. The zero-order chi connectivity index (χ0) is 22.9. The van der Waals surface area contributed by atoms with E-state index >= 15 is 0 Å². The van der Waals surface area contributed by atoms with E-state index in [1.807, 2.05) is 0 Å². The topological polar surface area (TPSA) is 67.4 Å². The predicted octanol–water partition coefficient (Wildman–Crippen LogP) is 4.22. The Morgan fingerprint density at radius 3 is 2.16 bits per heavy atom. The van der Waals surface area contributed by atoms with Crippen molar-refractivity contribution in [2.24, 2.45) is 23.2 Å². The third kappa shape index (κ3) is 5.45. The molecule has 5 rings (SSSR count). The van der Waals surface area contributed by atoms with E-state index in [0.717, 1.165) is 24.8 Å². The fraction of sp³-hybridized carbons (Fsp3) is 0.667. The molecule has 2 amide bonds. The molecule has 4 saturated carbocycles. The molecule has 2 N–H and O–H groups in total. The Morgan fingerprint density at radius 1 is 1.06 bits per heavy atom. The minimum absolute atomic E-state index is 0.172. The summed E-state index contributed by atoms with van der Waals surface area (Å²) < 4.78 is 41.0. The van der Waals surface area contributed by atoms with Crippen LogP contribution in [-0.4, -0.2) is 37.2 Å². The first kappa shape index (κ1) is 23.1. The summed E-state index contributed by atoms with van der Waals surface area (Å²) in [4.78, 5) is 25.4. The molecule has 0 radical (unpaired) electrons. The Morgan fingerprint density at radius 2 is 1.62 bits per heavy atom. The van der Waals surface area contributed by atoms with Gasteiger partial charge in [-0.2, -0.15) is 13.2 Å². The highest BCUT2D eigenvalue weighted by molar-refractivity contribution is 5.94. The number of hydrogen-bond acceptors (Lipinski definition) is 3. The third-order valence-corrected chi connectivity index (χ3v) is 7.20. The number of ether oxygens (including phenoxy) is 1. The van der Waals surface area contributed by atoms with E-state index in [0.29, 0.717) is 29.9 Å². The van der Waals surface area contributed by atoms with Gasteiger partial charge in [-0.05, 0) is 80.9 Å². The molecule has 4 aliphatic carbocycles. The van der Waals surface area contributed by atoms with Gasteiger partial charge in [0, 0.05) is 23.6 Å². The van der Waals surface area contributed by atoms with Gasteiger partial charge in [-0.15, -0.1) is 0 Å². The molecular formula is C24H31F3N2O3. The van der Waals surface area contributed by atoms with Crippen LogP contribution in [0.5, 0.6) is 0 Å². The molecule has 1 aromatic carbocycles. The summed E-state index contributed by atoms with van der Waals surface area (Å²) in [5, 5.41) is 5.75. The fourth-order valence-electron chi connectivity index (χ4n) is 6.23. The summed E-state index contributed by atoms with van der Waals surface area (Å²) in [7, 11) is 0. The van der Waals surface area contributed by atoms with Crippen LogP contribution < -0.4 is 10.6 Å². The van der Waals surface area contributed by atoms with Crippen LogP contribution in [0.4, 0.5) is 13.2 Å². The van der Waals surface area contributed by atoms with Crippen molar-refractivity contribution >= 4 is 11.8 Å². The third-order valence-electron chi connectivity index (χ3n) is 7.20. The van der Waals surface area contributed by atoms with E-state index in [9.17, 15) is 22.8 Å². The van der Waals surface area contributed by atoms with Crippen molar-refractivity contribution in [2.45, 2.75) is 64.2 Å². The number of amides is 2. The highest BCUT2D eigenvalue weighted by atomic mass is 19.4. The average molecular weight is 453 g/mol. The zero-order valence-electron chi connectivity index (χ0n) is 18.3. The molecule has 0 saturated heterocycles. The summed E-state index contributed by atoms with van der Waals surface area (Å²) in [6.45, 7) is 0.448. The maximum atomic E-state index is 13.1. The number of carbonyl (C=O) groups excluding carboxylic acids is 2. The molecule has 5 nitrogen and oxygen atoms in total. The molecule has 0 spiro atoms. The van der Waals surface area contributed by atoms with Gasteiger partial charge in [0.2, 0.25) is 5.91 Å². The highest BCUT2D eigenvalue weighted by Gasteiger charge is 2.54. The minimum Gasteiger partial charge on any atom is -0.370 e. The van der Waals surface area contributed by atoms with E-state index < -0.39 is 18.8 Å². The Hall–Kier alpha value is -2.09. The van der Waals surface area contributed by atoms with Gasteiger partial charge in [0.25, 0.3) is 5.91 Å². The number of hydrogen-bond donors (Lipinski definition) is 2. The monoisotopic (exact) mass is 452 g/mol. The second-order valence-electron chi connectivity index (χ2n) is 10.1. The van der Waals surface area contributed by atoms with Crippen molar-refractivity contribution in [3.63, 3.8) is 0 Å². The quantitative estimate of drug-likeness (QED) is 0.621. The molecule has 0 aromatic heterocycles. The summed E-state index contributed by atoms with van der Waals surface area (Å²) in [6, 6.07) is 6.35. The van der Waals surface area contributed by atoms with Crippen LogP contribution >= 0.6 is 0 Å². The lowest BCUT2D eigenvalue weighted by molar-refractivity contribution is -0.174. The Balaban J connectivity index is 1.24. The average Bonchev–Trinajstić information content (AvgIpc) is 2.70. The molecule has 8 heteroatoms. The molecule has 1 aromatic rings. The van der Waals surface area contributed by atoms with E-state index in [1.165, 1.54) is 19.3 Å². The van der Waals surface area contributed by atoms with Crippen LogP contribution in [0.1, 0.15) is 61.4 Å². The number of nitrogens with one attached hydrogen (secondary N) is 2. The van der Waals surface area contributed by atoms with Crippen LogP contribution in [0.2, 0.25) is 0 Å². The van der Waals surface area contributed by atoms with Crippen molar-refractivity contribution in [3.05, 3.63) is 35.4 Å². The van der Waals surface area contributed by atoms with Gasteiger partial charge in [0.1, 0.15) is 6.61 Å². The Bertz CT molecular complexity index is 803. The lowest BCUT2D eigenvalue weighted by Gasteiger charge is -2.55. The van der Waals surface area contributed by atoms with Gasteiger partial charge < -0.3 is 15.4 Å². The van der Waals surface area contributed by atoms with Crippen LogP contribution in [0.25, 0.3) is 0 Å². The summed E-state index contributed by atoms with van der Waals surface area (Å²) in [5.41, 5.74) is 1.13. The first-order chi connectivity index (χ1) is 15.1. The van der Waals surface area contributed by atoms with Gasteiger partial charge in [-0.3, -0.25) is 9.59 Å². The van der Waals surface area contributed by atoms with Crippen LogP contribution in [0.3, 0.4) is 0 Å². The van der Waals surface area contributed by atoms with Crippen molar-refractivity contribution in [2.75, 3.05) is 13.2 Å². The van der Waals surface area contributed by atoms with Gasteiger partial charge in [-0.25, -0.2) is 0 Å². The van der Waals surface area contributed by atoms with Crippen molar-refractivity contribution in [1.29, 1.82) is 0 Å². The molecule has 4 bridgehead atoms. The Labute approximate surface area is 186 Å². The second-order valence-corrected chi connectivity index (χ2v) is 10.1. The fourth-order valence-corrected chi connectivity index (χ4v) is 6.23. The van der Waals surface area contributed by atoms with Gasteiger partial charge in [0.05, 0.1) is 6.61 Å². The van der Waals surface area contributed by atoms with Crippen LogP contribution in [-0.2, 0) is 16.1 Å². The SMILES string of the molecule is CC(COCC(F)(F)F)NC(=O)c1ccc(CNC(=O)C23CC4CC(CC(C4)C2)C3)cc1. The Kier molecular flexibility index (Phi) is 6.52. The van der Waals surface area contributed by atoms with E-state index in [1.54, 1.807) is 31.2 Å². The maximum Gasteiger partial charge on any atom is 0.411 e. The maximum absolute atomic E-state index is 13.1. The lowest BCUT2D eigenvalue weighted by atomic mass is 9.49. The number of alkyl halides is 3. The molecule has 176 valence electrons. The number of carbonyl (C=O) groups is 2. The first-order valence-electron chi connectivity index (χ1n) is 11.4. The lowest BCUT2D eigenvalue weighted by Crippen LogP contribution is -2.53. The van der Waals surface area contributed by atoms with Crippen molar-refractivity contribution in [3.8, 4) is 0 Å². The summed E-state index contributed by atoms with van der Waals surface area (Å²) >= 11 is 0. The normalized spacial score (nSPS) is 29.6. The van der Waals surface area contributed by atoms with Gasteiger partial charge in [0.15, 0.2) is 0 Å².